The lowest BCUT2D eigenvalue weighted by molar-refractivity contribution is 0.0968. The van der Waals surface area contributed by atoms with Gasteiger partial charge in [0.15, 0.2) is 5.78 Å². The van der Waals surface area contributed by atoms with Crippen molar-refractivity contribution >= 4 is 29.0 Å². The zero-order valence-corrected chi connectivity index (χ0v) is 13.3. The summed E-state index contributed by atoms with van der Waals surface area (Å²) in [6.45, 7) is 6.15. The molecule has 0 bridgehead atoms. The summed E-state index contributed by atoms with van der Waals surface area (Å²) < 4.78 is 0. The zero-order valence-electron chi connectivity index (χ0n) is 11.7. The van der Waals surface area contributed by atoms with Crippen molar-refractivity contribution in [3.63, 3.8) is 0 Å². The van der Waals surface area contributed by atoms with E-state index in [1.807, 2.05) is 7.05 Å². The van der Waals surface area contributed by atoms with Crippen LogP contribution in [0.15, 0.2) is 18.2 Å². The van der Waals surface area contributed by atoms with Gasteiger partial charge >= 0.3 is 0 Å². The maximum Gasteiger partial charge on any atom is 0.165 e. The molecule has 0 spiro atoms. The smallest absolute Gasteiger partial charge is 0.165 e. The van der Waals surface area contributed by atoms with Gasteiger partial charge in [0.1, 0.15) is 0 Å². The van der Waals surface area contributed by atoms with Gasteiger partial charge in [-0.3, -0.25) is 4.79 Å². The third-order valence-electron chi connectivity index (χ3n) is 3.06. The zero-order chi connectivity index (χ0) is 14.4. The molecule has 1 rings (SSSR count). The summed E-state index contributed by atoms with van der Waals surface area (Å²) in [6.07, 6.45) is 1.61. The number of hydrogen-bond donors (Lipinski definition) is 0. The van der Waals surface area contributed by atoms with Gasteiger partial charge in [0.2, 0.25) is 0 Å². The normalized spacial score (nSPS) is 11.3. The van der Waals surface area contributed by atoms with E-state index in [1.165, 1.54) is 0 Å². The molecule has 0 saturated heterocycles. The number of nitrogens with zero attached hydrogens (tertiary/aromatic N) is 1. The van der Waals surface area contributed by atoms with Crippen molar-refractivity contribution in [3.8, 4) is 0 Å². The van der Waals surface area contributed by atoms with Gasteiger partial charge < -0.3 is 4.90 Å². The number of benzene rings is 1. The molecule has 0 atom stereocenters. The molecule has 19 heavy (non-hydrogen) atoms. The van der Waals surface area contributed by atoms with Crippen molar-refractivity contribution in [2.75, 3.05) is 20.1 Å². The molecular weight excluding hydrogens is 281 g/mol. The summed E-state index contributed by atoms with van der Waals surface area (Å²) in [7, 11) is 2.04. The van der Waals surface area contributed by atoms with E-state index in [9.17, 15) is 4.79 Å². The first-order valence-corrected chi connectivity index (χ1v) is 7.33. The van der Waals surface area contributed by atoms with E-state index in [-0.39, 0.29) is 5.78 Å². The second kappa shape index (κ2) is 7.88. The SMILES string of the molecule is CC(C)CCN(C)CCC(=O)c1cccc(Cl)c1Cl. The van der Waals surface area contributed by atoms with E-state index >= 15 is 0 Å². The van der Waals surface area contributed by atoms with Crippen LogP contribution in [0, 0.1) is 5.92 Å². The van der Waals surface area contributed by atoms with Crippen molar-refractivity contribution in [1.29, 1.82) is 0 Å². The molecule has 4 heteroatoms. The first-order chi connectivity index (χ1) is 8.91. The van der Waals surface area contributed by atoms with Crippen LogP contribution in [0.4, 0.5) is 0 Å². The van der Waals surface area contributed by atoms with E-state index < -0.39 is 0 Å². The fourth-order valence-corrected chi connectivity index (χ4v) is 2.14. The average molecular weight is 302 g/mol. The van der Waals surface area contributed by atoms with E-state index in [1.54, 1.807) is 18.2 Å². The Morgan fingerprint density at radius 3 is 2.58 bits per heavy atom. The van der Waals surface area contributed by atoms with Gasteiger partial charge in [-0.1, -0.05) is 43.1 Å². The first-order valence-electron chi connectivity index (χ1n) is 6.57. The van der Waals surface area contributed by atoms with Gasteiger partial charge in [0.25, 0.3) is 0 Å². The van der Waals surface area contributed by atoms with Gasteiger partial charge in [-0.25, -0.2) is 0 Å². The number of rotatable bonds is 7. The van der Waals surface area contributed by atoms with Crippen molar-refractivity contribution in [3.05, 3.63) is 33.8 Å². The van der Waals surface area contributed by atoms with E-state index in [4.69, 9.17) is 23.2 Å². The van der Waals surface area contributed by atoms with Gasteiger partial charge in [-0.05, 0) is 38.1 Å². The topological polar surface area (TPSA) is 20.3 Å². The third-order valence-corrected chi connectivity index (χ3v) is 3.88. The van der Waals surface area contributed by atoms with Crippen LogP contribution < -0.4 is 0 Å². The van der Waals surface area contributed by atoms with Crippen molar-refractivity contribution in [2.24, 2.45) is 5.92 Å². The van der Waals surface area contributed by atoms with Crippen LogP contribution in [-0.4, -0.2) is 30.8 Å². The maximum atomic E-state index is 12.1. The highest BCUT2D eigenvalue weighted by molar-refractivity contribution is 6.43. The fourth-order valence-electron chi connectivity index (χ4n) is 1.74. The monoisotopic (exact) mass is 301 g/mol. The molecule has 0 saturated carbocycles. The molecule has 0 radical (unpaired) electrons. The molecule has 1 aromatic rings. The molecule has 1 aromatic carbocycles. The predicted octanol–water partition coefficient (Wildman–Crippen LogP) is 4.54. The molecule has 0 N–H and O–H groups in total. The number of hydrogen-bond acceptors (Lipinski definition) is 2. The van der Waals surface area contributed by atoms with Gasteiger partial charge in [-0.15, -0.1) is 0 Å². The highest BCUT2D eigenvalue weighted by Crippen LogP contribution is 2.26. The van der Waals surface area contributed by atoms with E-state index in [0.29, 0.717) is 27.9 Å². The summed E-state index contributed by atoms with van der Waals surface area (Å²) in [5.74, 6) is 0.726. The van der Waals surface area contributed by atoms with Gasteiger partial charge in [0.05, 0.1) is 10.0 Å². The summed E-state index contributed by atoms with van der Waals surface area (Å²) in [6, 6.07) is 5.17. The highest BCUT2D eigenvalue weighted by atomic mass is 35.5. The van der Waals surface area contributed by atoms with Gasteiger partial charge in [-0.2, -0.15) is 0 Å². The van der Waals surface area contributed by atoms with Crippen LogP contribution in [-0.2, 0) is 0 Å². The first kappa shape index (κ1) is 16.5. The molecule has 0 amide bonds. The molecule has 106 valence electrons. The standard InChI is InChI=1S/C15H21Cl2NO/c1-11(2)7-9-18(3)10-8-14(19)12-5-4-6-13(16)15(12)17/h4-6,11H,7-10H2,1-3H3. The largest absolute Gasteiger partial charge is 0.306 e. The molecular formula is C15H21Cl2NO. The average Bonchev–Trinajstić information content (AvgIpc) is 2.36. The summed E-state index contributed by atoms with van der Waals surface area (Å²) in [4.78, 5) is 14.3. The maximum absolute atomic E-state index is 12.1. The molecule has 0 aliphatic heterocycles. The molecule has 0 heterocycles. The van der Waals surface area contributed by atoms with Crippen LogP contribution in [0.25, 0.3) is 0 Å². The molecule has 0 aliphatic rings. The van der Waals surface area contributed by atoms with E-state index in [0.717, 1.165) is 19.5 Å². The Labute approximate surface area is 125 Å². The molecule has 0 unspecified atom stereocenters. The second-order valence-electron chi connectivity index (χ2n) is 5.26. The third kappa shape index (κ3) is 5.52. The Kier molecular flexibility index (Phi) is 6.84. The van der Waals surface area contributed by atoms with Crippen LogP contribution >= 0.6 is 23.2 Å². The Morgan fingerprint density at radius 2 is 1.95 bits per heavy atom. The quantitative estimate of drug-likeness (QED) is 0.689. The Morgan fingerprint density at radius 1 is 1.26 bits per heavy atom. The molecule has 2 nitrogen and oxygen atoms in total. The summed E-state index contributed by atoms with van der Waals surface area (Å²) in [5.41, 5.74) is 0.520. The molecule has 0 aliphatic carbocycles. The minimum atomic E-state index is 0.0453. The summed E-state index contributed by atoms with van der Waals surface area (Å²) in [5, 5.41) is 0.791. The van der Waals surface area contributed by atoms with Crippen LogP contribution in [0.1, 0.15) is 37.0 Å². The predicted molar refractivity (Wildman–Crippen MR) is 82.4 cm³/mol. The number of carbonyl (C=O) groups excluding carboxylic acids is 1. The lowest BCUT2D eigenvalue weighted by atomic mass is 10.1. The van der Waals surface area contributed by atoms with Crippen molar-refractivity contribution in [1.82, 2.24) is 4.90 Å². The number of halogens is 2. The van der Waals surface area contributed by atoms with Crippen molar-refractivity contribution < 1.29 is 4.79 Å². The summed E-state index contributed by atoms with van der Waals surface area (Å²) >= 11 is 12.0. The second-order valence-corrected chi connectivity index (χ2v) is 6.05. The van der Waals surface area contributed by atoms with Crippen LogP contribution in [0.2, 0.25) is 10.0 Å². The van der Waals surface area contributed by atoms with Crippen LogP contribution in [0.3, 0.4) is 0 Å². The lowest BCUT2D eigenvalue weighted by Gasteiger charge is -2.17. The Balaban J connectivity index is 2.49. The lowest BCUT2D eigenvalue weighted by Crippen LogP contribution is -2.24. The molecule has 0 fully saturated rings. The minimum Gasteiger partial charge on any atom is -0.306 e. The number of carbonyl (C=O) groups is 1. The number of Topliss-reactive ketones (excluding diaryl/α,β-unsaturated/α-hetero) is 1. The Bertz CT molecular complexity index is 432. The Hall–Kier alpha value is -0.570. The van der Waals surface area contributed by atoms with E-state index in [2.05, 4.69) is 18.7 Å². The van der Waals surface area contributed by atoms with Crippen LogP contribution in [0.5, 0.6) is 0 Å². The fraction of sp³-hybridized carbons (Fsp3) is 0.533. The number of ketones is 1. The molecule has 0 aromatic heterocycles. The van der Waals surface area contributed by atoms with Crippen molar-refractivity contribution in [2.45, 2.75) is 26.7 Å². The van der Waals surface area contributed by atoms with Gasteiger partial charge in [0, 0.05) is 18.5 Å². The highest BCUT2D eigenvalue weighted by Gasteiger charge is 2.13. The minimum absolute atomic E-state index is 0.0453.